The number of rotatable bonds is 3. The molecule has 0 amide bonds. The summed E-state index contributed by atoms with van der Waals surface area (Å²) in [5.41, 5.74) is 2.33. The van der Waals surface area contributed by atoms with E-state index in [0.717, 1.165) is 29.7 Å². The zero-order valence-electron chi connectivity index (χ0n) is 9.66. The third-order valence-electron chi connectivity index (χ3n) is 2.73. The number of hydrogen-bond acceptors (Lipinski definition) is 6. The number of nitrogens with two attached hydrogens (primary N) is 1. The molecular weight excluding hydrogens is 286 g/mol. The van der Waals surface area contributed by atoms with Gasteiger partial charge < -0.3 is 10.1 Å². The molecule has 17 heavy (non-hydrogen) atoms. The van der Waals surface area contributed by atoms with Crippen LogP contribution in [0.2, 0.25) is 0 Å². The predicted molar refractivity (Wildman–Crippen MR) is 69.6 cm³/mol. The average Bonchev–Trinajstić information content (AvgIpc) is 2.33. The summed E-state index contributed by atoms with van der Waals surface area (Å²) < 4.78 is 6.30. The summed E-state index contributed by atoms with van der Waals surface area (Å²) in [5, 5.41) is 3.38. The number of hydrogen-bond donors (Lipinski definition) is 3. The van der Waals surface area contributed by atoms with E-state index in [1.165, 1.54) is 0 Å². The highest BCUT2D eigenvalue weighted by molar-refractivity contribution is 9.10. The Morgan fingerprint density at radius 1 is 1.59 bits per heavy atom. The van der Waals surface area contributed by atoms with Crippen molar-refractivity contribution in [2.24, 2.45) is 5.84 Å². The number of halogens is 1. The van der Waals surface area contributed by atoms with Crippen LogP contribution < -0.4 is 16.6 Å². The SMILES string of the molecule is CC1(Nc2nc(NN)ncc2Br)CCCOC1. The largest absolute Gasteiger partial charge is 0.379 e. The van der Waals surface area contributed by atoms with Crippen molar-refractivity contribution in [2.75, 3.05) is 24.0 Å². The summed E-state index contributed by atoms with van der Waals surface area (Å²) in [6.45, 7) is 3.63. The molecular formula is C10H16BrN5O. The summed E-state index contributed by atoms with van der Waals surface area (Å²) >= 11 is 3.41. The summed E-state index contributed by atoms with van der Waals surface area (Å²) in [6, 6.07) is 0. The Morgan fingerprint density at radius 2 is 2.41 bits per heavy atom. The lowest BCUT2D eigenvalue weighted by atomic mass is 9.95. The van der Waals surface area contributed by atoms with Crippen molar-refractivity contribution >= 4 is 27.7 Å². The molecule has 0 bridgehead atoms. The van der Waals surface area contributed by atoms with E-state index in [-0.39, 0.29) is 5.54 Å². The zero-order chi connectivity index (χ0) is 12.3. The number of nitrogen functional groups attached to an aromatic ring is 1. The highest BCUT2D eigenvalue weighted by atomic mass is 79.9. The Hall–Kier alpha value is -0.920. The van der Waals surface area contributed by atoms with E-state index in [4.69, 9.17) is 10.6 Å². The second-order valence-corrected chi connectivity index (χ2v) is 5.23. The minimum Gasteiger partial charge on any atom is -0.379 e. The molecule has 2 heterocycles. The summed E-state index contributed by atoms with van der Waals surface area (Å²) in [5.74, 6) is 6.40. The molecule has 0 radical (unpaired) electrons. The van der Waals surface area contributed by atoms with Crippen LogP contribution in [0.25, 0.3) is 0 Å². The molecule has 2 rings (SSSR count). The number of ether oxygens (including phenoxy) is 1. The van der Waals surface area contributed by atoms with Crippen LogP contribution in [-0.2, 0) is 4.74 Å². The van der Waals surface area contributed by atoms with Crippen LogP contribution in [0.15, 0.2) is 10.7 Å². The van der Waals surface area contributed by atoms with Crippen LogP contribution in [0, 0.1) is 0 Å². The van der Waals surface area contributed by atoms with E-state index < -0.39 is 0 Å². The Morgan fingerprint density at radius 3 is 3.06 bits per heavy atom. The van der Waals surface area contributed by atoms with Crippen molar-refractivity contribution in [3.05, 3.63) is 10.7 Å². The molecule has 1 atom stereocenters. The van der Waals surface area contributed by atoms with Gasteiger partial charge in [-0.1, -0.05) is 0 Å². The van der Waals surface area contributed by atoms with Gasteiger partial charge in [0.05, 0.1) is 16.6 Å². The molecule has 1 fully saturated rings. The highest BCUT2D eigenvalue weighted by Gasteiger charge is 2.28. The van der Waals surface area contributed by atoms with Crippen LogP contribution in [0.3, 0.4) is 0 Å². The van der Waals surface area contributed by atoms with Gasteiger partial charge in [-0.05, 0) is 35.7 Å². The van der Waals surface area contributed by atoms with E-state index in [1.54, 1.807) is 6.20 Å². The zero-order valence-corrected chi connectivity index (χ0v) is 11.2. The van der Waals surface area contributed by atoms with Gasteiger partial charge in [-0.3, -0.25) is 5.43 Å². The van der Waals surface area contributed by atoms with Gasteiger partial charge in [0.25, 0.3) is 0 Å². The number of anilines is 2. The fourth-order valence-corrected chi connectivity index (χ4v) is 2.13. The van der Waals surface area contributed by atoms with E-state index in [1.807, 2.05) is 0 Å². The van der Waals surface area contributed by atoms with Crippen LogP contribution in [-0.4, -0.2) is 28.7 Å². The topological polar surface area (TPSA) is 85.1 Å². The molecule has 4 N–H and O–H groups in total. The van der Waals surface area contributed by atoms with Gasteiger partial charge >= 0.3 is 0 Å². The van der Waals surface area contributed by atoms with Crippen molar-refractivity contribution in [3.63, 3.8) is 0 Å². The number of nitrogens with zero attached hydrogens (tertiary/aromatic N) is 2. The Labute approximate surface area is 108 Å². The predicted octanol–water partition coefficient (Wildman–Crippen LogP) is 1.51. The maximum atomic E-state index is 5.49. The Kier molecular flexibility index (Phi) is 3.80. The molecule has 1 aromatic heterocycles. The van der Waals surface area contributed by atoms with Crippen molar-refractivity contribution in [2.45, 2.75) is 25.3 Å². The normalized spacial score (nSPS) is 24.4. The second-order valence-electron chi connectivity index (χ2n) is 4.38. The van der Waals surface area contributed by atoms with Gasteiger partial charge in [0.2, 0.25) is 5.95 Å². The maximum absolute atomic E-state index is 5.49. The Bertz CT molecular complexity index is 394. The van der Waals surface area contributed by atoms with Crippen molar-refractivity contribution < 1.29 is 4.74 Å². The van der Waals surface area contributed by atoms with E-state index >= 15 is 0 Å². The number of aromatic nitrogens is 2. The van der Waals surface area contributed by atoms with Gasteiger partial charge in [-0.25, -0.2) is 10.8 Å². The van der Waals surface area contributed by atoms with Gasteiger partial charge in [-0.2, -0.15) is 4.98 Å². The molecule has 1 saturated heterocycles. The van der Waals surface area contributed by atoms with Crippen LogP contribution in [0.1, 0.15) is 19.8 Å². The monoisotopic (exact) mass is 301 g/mol. The average molecular weight is 302 g/mol. The fraction of sp³-hybridized carbons (Fsp3) is 0.600. The molecule has 7 heteroatoms. The van der Waals surface area contributed by atoms with Gasteiger partial charge in [0, 0.05) is 12.8 Å². The van der Waals surface area contributed by atoms with Crippen LogP contribution in [0.4, 0.5) is 11.8 Å². The van der Waals surface area contributed by atoms with Gasteiger partial charge in [0.1, 0.15) is 5.82 Å². The molecule has 1 aliphatic rings. The van der Waals surface area contributed by atoms with Crippen molar-refractivity contribution in [3.8, 4) is 0 Å². The lowest BCUT2D eigenvalue weighted by molar-refractivity contribution is 0.0538. The van der Waals surface area contributed by atoms with Crippen molar-refractivity contribution in [1.82, 2.24) is 9.97 Å². The summed E-state index contributed by atoms with van der Waals surface area (Å²) in [6.07, 6.45) is 3.76. The van der Waals surface area contributed by atoms with Crippen molar-refractivity contribution in [1.29, 1.82) is 0 Å². The maximum Gasteiger partial charge on any atom is 0.239 e. The smallest absolute Gasteiger partial charge is 0.239 e. The third-order valence-corrected chi connectivity index (χ3v) is 3.31. The first-order valence-corrected chi connectivity index (χ1v) is 6.27. The minimum absolute atomic E-state index is 0.0962. The molecule has 1 aliphatic heterocycles. The third kappa shape index (κ3) is 3.05. The lowest BCUT2D eigenvalue weighted by Crippen LogP contribution is -2.43. The standard InChI is InChI=1S/C10H16BrN5O/c1-10(3-2-4-17-6-10)15-8-7(11)5-13-9(14-8)16-12/h5H,2-4,6,12H2,1H3,(H2,13,14,15,16). The summed E-state index contributed by atoms with van der Waals surface area (Å²) in [7, 11) is 0. The first-order chi connectivity index (χ1) is 8.13. The minimum atomic E-state index is -0.0962. The van der Waals surface area contributed by atoms with Gasteiger partial charge in [0.15, 0.2) is 0 Å². The van der Waals surface area contributed by atoms with Crippen LogP contribution in [0.5, 0.6) is 0 Å². The van der Waals surface area contributed by atoms with Crippen LogP contribution >= 0.6 is 15.9 Å². The lowest BCUT2D eigenvalue weighted by Gasteiger charge is -2.35. The number of nitrogens with one attached hydrogen (secondary N) is 2. The molecule has 1 unspecified atom stereocenters. The first-order valence-electron chi connectivity index (χ1n) is 5.48. The molecule has 0 aliphatic carbocycles. The molecule has 0 saturated carbocycles. The first kappa shape index (κ1) is 12.5. The quantitative estimate of drug-likeness (QED) is 0.579. The molecule has 0 spiro atoms. The molecule has 1 aromatic rings. The van der Waals surface area contributed by atoms with E-state index in [2.05, 4.69) is 43.6 Å². The Balaban J connectivity index is 2.16. The van der Waals surface area contributed by atoms with E-state index in [0.29, 0.717) is 12.6 Å². The van der Waals surface area contributed by atoms with E-state index in [9.17, 15) is 0 Å². The highest BCUT2D eigenvalue weighted by Crippen LogP contribution is 2.27. The molecule has 94 valence electrons. The molecule has 0 aromatic carbocycles. The fourth-order valence-electron chi connectivity index (χ4n) is 1.84. The second kappa shape index (κ2) is 5.16. The molecule has 6 nitrogen and oxygen atoms in total. The summed E-state index contributed by atoms with van der Waals surface area (Å²) in [4.78, 5) is 8.28. The van der Waals surface area contributed by atoms with Gasteiger partial charge in [-0.15, -0.1) is 0 Å². The number of hydrazine groups is 1.